The summed E-state index contributed by atoms with van der Waals surface area (Å²) in [6.07, 6.45) is 3.14. The Balaban J connectivity index is 1.85. The third-order valence-electron chi connectivity index (χ3n) is 4.62. The van der Waals surface area contributed by atoms with Crippen LogP contribution in [-0.4, -0.2) is 16.4 Å². The zero-order chi connectivity index (χ0) is 19.4. The number of hydrogen-bond acceptors (Lipinski definition) is 2. The van der Waals surface area contributed by atoms with Crippen LogP contribution in [0.25, 0.3) is 10.9 Å². The number of nitrogens with zero attached hydrogens (tertiary/aromatic N) is 1. The predicted molar refractivity (Wildman–Crippen MR) is 107 cm³/mol. The van der Waals surface area contributed by atoms with Crippen molar-refractivity contribution in [3.63, 3.8) is 0 Å². The summed E-state index contributed by atoms with van der Waals surface area (Å²) in [7, 11) is 0. The van der Waals surface area contributed by atoms with Crippen molar-refractivity contribution >= 4 is 16.8 Å². The van der Waals surface area contributed by atoms with Crippen LogP contribution < -0.4 is 5.32 Å². The Morgan fingerprint density at radius 3 is 2.59 bits per heavy atom. The Hall–Kier alpha value is -2.75. The van der Waals surface area contributed by atoms with Crippen LogP contribution in [0.1, 0.15) is 43.1 Å². The quantitative estimate of drug-likeness (QED) is 0.657. The average Bonchev–Trinajstić information content (AvgIpc) is 2.60. The van der Waals surface area contributed by atoms with Crippen LogP contribution in [0.15, 0.2) is 60.8 Å². The van der Waals surface area contributed by atoms with Gasteiger partial charge >= 0.3 is 0 Å². The Labute approximate surface area is 159 Å². The summed E-state index contributed by atoms with van der Waals surface area (Å²) in [5, 5.41) is 3.82. The normalized spacial score (nSPS) is 13.5. The number of halogens is 1. The maximum atomic E-state index is 13.5. The molecule has 1 aromatic heterocycles. The van der Waals surface area contributed by atoms with Crippen molar-refractivity contribution in [3.05, 3.63) is 77.7 Å². The minimum absolute atomic E-state index is 0.187. The molecule has 1 amide bonds. The van der Waals surface area contributed by atoms with Crippen molar-refractivity contribution in [3.8, 4) is 0 Å². The highest BCUT2D eigenvalue weighted by Gasteiger charge is 2.28. The number of benzene rings is 2. The fourth-order valence-electron chi connectivity index (χ4n) is 3.69. The van der Waals surface area contributed by atoms with E-state index >= 15 is 0 Å². The largest absolute Gasteiger partial charge is 0.346 e. The van der Waals surface area contributed by atoms with E-state index in [0.717, 1.165) is 12.8 Å². The Morgan fingerprint density at radius 1 is 1.15 bits per heavy atom. The second-order valence-corrected chi connectivity index (χ2v) is 7.84. The average molecular weight is 364 g/mol. The number of rotatable bonds is 6. The molecule has 1 heterocycles. The first-order valence-electron chi connectivity index (χ1n) is 9.26. The standard InChI is InChI=1S/C23H25FN2O/c1-16(2)13-23(3,14-17-7-5-4-6-8-17)26-22(27)19-11-18-12-20(24)9-10-21(18)25-15-19/h4-12,15-16H,13-14H2,1-3H3,(H,26,27). The molecule has 1 unspecified atom stereocenters. The first kappa shape index (κ1) is 19.0. The van der Waals surface area contributed by atoms with Gasteiger partial charge in [0, 0.05) is 17.1 Å². The minimum Gasteiger partial charge on any atom is -0.346 e. The van der Waals surface area contributed by atoms with E-state index in [9.17, 15) is 9.18 Å². The van der Waals surface area contributed by atoms with Gasteiger partial charge in [0.05, 0.1) is 11.1 Å². The molecule has 4 heteroatoms. The van der Waals surface area contributed by atoms with Crippen molar-refractivity contribution in [1.29, 1.82) is 0 Å². The number of aromatic nitrogens is 1. The first-order valence-corrected chi connectivity index (χ1v) is 9.26. The summed E-state index contributed by atoms with van der Waals surface area (Å²) in [5.74, 6) is -0.0915. The zero-order valence-corrected chi connectivity index (χ0v) is 16.0. The highest BCUT2D eigenvalue weighted by molar-refractivity contribution is 5.97. The first-order chi connectivity index (χ1) is 12.8. The molecule has 2 aromatic carbocycles. The van der Waals surface area contributed by atoms with Crippen molar-refractivity contribution in [2.45, 2.75) is 39.2 Å². The van der Waals surface area contributed by atoms with Crippen LogP contribution in [0.5, 0.6) is 0 Å². The summed E-state index contributed by atoms with van der Waals surface area (Å²) < 4.78 is 13.5. The lowest BCUT2D eigenvalue weighted by Crippen LogP contribution is -2.48. The number of fused-ring (bicyclic) bond motifs is 1. The van der Waals surface area contributed by atoms with Gasteiger partial charge in [0.2, 0.25) is 0 Å². The third-order valence-corrected chi connectivity index (χ3v) is 4.62. The molecule has 3 nitrogen and oxygen atoms in total. The summed E-state index contributed by atoms with van der Waals surface area (Å²) in [6, 6.07) is 16.2. The molecule has 1 atom stereocenters. The smallest absolute Gasteiger partial charge is 0.253 e. The predicted octanol–water partition coefficient (Wildman–Crippen LogP) is 5.15. The van der Waals surface area contributed by atoms with Crippen molar-refractivity contribution in [2.24, 2.45) is 5.92 Å². The molecule has 3 aromatic rings. The van der Waals surface area contributed by atoms with Gasteiger partial charge in [0.15, 0.2) is 0 Å². The topological polar surface area (TPSA) is 42.0 Å². The van der Waals surface area contributed by atoms with Crippen LogP contribution in [0.4, 0.5) is 4.39 Å². The lowest BCUT2D eigenvalue weighted by molar-refractivity contribution is 0.0894. The van der Waals surface area contributed by atoms with Gasteiger partial charge in [-0.05, 0) is 55.5 Å². The van der Waals surface area contributed by atoms with Gasteiger partial charge in [-0.1, -0.05) is 44.2 Å². The molecule has 0 radical (unpaired) electrons. The van der Waals surface area contributed by atoms with E-state index in [1.54, 1.807) is 18.3 Å². The second-order valence-electron chi connectivity index (χ2n) is 7.84. The van der Waals surface area contributed by atoms with Crippen molar-refractivity contribution < 1.29 is 9.18 Å². The van der Waals surface area contributed by atoms with Crippen LogP contribution in [0, 0.1) is 11.7 Å². The fraction of sp³-hybridized carbons (Fsp3) is 0.304. The monoisotopic (exact) mass is 364 g/mol. The SMILES string of the molecule is CC(C)CC(C)(Cc1ccccc1)NC(=O)c1cnc2ccc(F)cc2c1. The summed E-state index contributed by atoms with van der Waals surface area (Å²) in [6.45, 7) is 6.37. The van der Waals surface area contributed by atoms with Gasteiger partial charge < -0.3 is 5.32 Å². The third kappa shape index (κ3) is 4.91. The van der Waals surface area contributed by atoms with Crippen LogP contribution in [0.3, 0.4) is 0 Å². The number of nitrogens with one attached hydrogen (secondary N) is 1. The summed E-state index contributed by atoms with van der Waals surface area (Å²) >= 11 is 0. The highest BCUT2D eigenvalue weighted by Crippen LogP contribution is 2.23. The molecule has 0 saturated carbocycles. The molecule has 1 N–H and O–H groups in total. The van der Waals surface area contributed by atoms with Crippen molar-refractivity contribution in [1.82, 2.24) is 10.3 Å². The zero-order valence-electron chi connectivity index (χ0n) is 16.0. The number of hydrogen-bond donors (Lipinski definition) is 1. The van der Waals surface area contributed by atoms with E-state index in [-0.39, 0.29) is 17.3 Å². The minimum atomic E-state index is -0.385. The second kappa shape index (κ2) is 7.87. The number of pyridine rings is 1. The molecule has 140 valence electrons. The molecule has 0 aliphatic heterocycles. The van der Waals surface area contributed by atoms with E-state index in [1.165, 1.54) is 17.7 Å². The summed E-state index contributed by atoms with van der Waals surface area (Å²) in [5.41, 5.74) is 1.90. The molecule has 27 heavy (non-hydrogen) atoms. The van der Waals surface area contributed by atoms with Crippen LogP contribution >= 0.6 is 0 Å². The molecule has 0 fully saturated rings. The van der Waals surface area contributed by atoms with Crippen LogP contribution in [0.2, 0.25) is 0 Å². The van der Waals surface area contributed by atoms with Crippen molar-refractivity contribution in [2.75, 3.05) is 0 Å². The summed E-state index contributed by atoms with van der Waals surface area (Å²) in [4.78, 5) is 17.2. The molecular weight excluding hydrogens is 339 g/mol. The Kier molecular flexibility index (Phi) is 5.54. The van der Waals surface area contributed by atoms with Gasteiger partial charge in [-0.15, -0.1) is 0 Å². The molecule has 0 saturated heterocycles. The molecule has 3 rings (SSSR count). The fourth-order valence-corrected chi connectivity index (χ4v) is 3.69. The number of carbonyl (C=O) groups is 1. The van der Waals surface area contributed by atoms with E-state index in [2.05, 4.69) is 43.2 Å². The van der Waals surface area contributed by atoms with E-state index in [0.29, 0.717) is 22.4 Å². The molecule has 0 aliphatic carbocycles. The lowest BCUT2D eigenvalue weighted by atomic mass is 9.84. The highest BCUT2D eigenvalue weighted by atomic mass is 19.1. The van der Waals surface area contributed by atoms with Gasteiger partial charge in [-0.3, -0.25) is 9.78 Å². The molecule has 0 aliphatic rings. The van der Waals surface area contributed by atoms with E-state index < -0.39 is 0 Å². The number of amides is 1. The maximum Gasteiger partial charge on any atom is 0.253 e. The Morgan fingerprint density at radius 2 is 1.89 bits per heavy atom. The maximum absolute atomic E-state index is 13.5. The number of carbonyl (C=O) groups excluding carboxylic acids is 1. The van der Waals surface area contributed by atoms with Gasteiger partial charge in [-0.2, -0.15) is 0 Å². The molecule has 0 spiro atoms. The molecular formula is C23H25FN2O. The Bertz CT molecular complexity index is 940. The van der Waals surface area contributed by atoms with Gasteiger partial charge in [-0.25, -0.2) is 4.39 Å². The van der Waals surface area contributed by atoms with E-state index in [1.807, 2.05) is 18.2 Å². The molecule has 0 bridgehead atoms. The van der Waals surface area contributed by atoms with E-state index in [4.69, 9.17) is 0 Å². The lowest BCUT2D eigenvalue weighted by Gasteiger charge is -2.33. The van der Waals surface area contributed by atoms with Crippen LogP contribution in [-0.2, 0) is 6.42 Å². The van der Waals surface area contributed by atoms with Gasteiger partial charge in [0.25, 0.3) is 5.91 Å². The van der Waals surface area contributed by atoms with Gasteiger partial charge in [0.1, 0.15) is 5.82 Å².